The van der Waals surface area contributed by atoms with Crippen LogP contribution in [0.1, 0.15) is 13.3 Å². The summed E-state index contributed by atoms with van der Waals surface area (Å²) in [6.07, 6.45) is 2.76. The van der Waals surface area contributed by atoms with Crippen LogP contribution in [0.5, 0.6) is 5.75 Å². The summed E-state index contributed by atoms with van der Waals surface area (Å²) in [6.45, 7) is 2.84. The Balaban J connectivity index is 0.00000180. The maximum Gasteiger partial charge on any atom is 0.144 e. The molecule has 0 amide bonds. The highest BCUT2D eigenvalue weighted by atomic mass is 16.5. The van der Waals surface area contributed by atoms with Crippen LogP contribution >= 0.6 is 0 Å². The average Bonchev–Trinajstić information content (AvgIpc) is 2.45. The highest BCUT2D eigenvalue weighted by molar-refractivity contribution is 5.50. The summed E-state index contributed by atoms with van der Waals surface area (Å²) < 4.78 is 5.51. The molecule has 5 N–H and O–H groups in total. The van der Waals surface area contributed by atoms with E-state index in [-0.39, 0.29) is 6.15 Å². The molecule has 0 saturated carbocycles. The van der Waals surface area contributed by atoms with Crippen molar-refractivity contribution in [1.29, 1.82) is 0 Å². The molecular weight excluding hydrogens is 240 g/mol. The number of ether oxygens (including phenoxy) is 1. The molecule has 5 heteroatoms. The van der Waals surface area contributed by atoms with Gasteiger partial charge in [0, 0.05) is 6.20 Å². The molecule has 1 heterocycles. The zero-order valence-electron chi connectivity index (χ0n) is 11.1. The lowest BCUT2D eigenvalue weighted by Crippen LogP contribution is -2.09. The van der Waals surface area contributed by atoms with Crippen LogP contribution in [-0.2, 0) is 0 Å². The molecule has 2 rings (SSSR count). The number of anilines is 2. The van der Waals surface area contributed by atoms with Gasteiger partial charge in [-0.1, -0.05) is 13.0 Å². The van der Waals surface area contributed by atoms with Crippen LogP contribution in [0.4, 0.5) is 11.5 Å². The summed E-state index contributed by atoms with van der Waals surface area (Å²) in [5.74, 6) is 1.67. The van der Waals surface area contributed by atoms with Gasteiger partial charge in [0.1, 0.15) is 11.6 Å². The highest BCUT2D eigenvalue weighted by Gasteiger charge is 1.95. The predicted octanol–water partition coefficient (Wildman–Crippen LogP) is 3.47. The SMILES string of the molecule is CCCOc1ccc(NNc2ccccn2)cc1.N. The fourth-order valence-corrected chi connectivity index (χ4v) is 1.43. The highest BCUT2D eigenvalue weighted by Crippen LogP contribution is 2.15. The maximum absolute atomic E-state index is 5.51. The van der Waals surface area contributed by atoms with E-state index in [4.69, 9.17) is 4.74 Å². The Hall–Kier alpha value is -2.27. The first-order valence-electron chi connectivity index (χ1n) is 6.04. The lowest BCUT2D eigenvalue weighted by atomic mass is 10.3. The number of hydrogen-bond acceptors (Lipinski definition) is 5. The van der Waals surface area contributed by atoms with Crippen molar-refractivity contribution in [2.75, 3.05) is 17.5 Å². The summed E-state index contributed by atoms with van der Waals surface area (Å²) in [7, 11) is 0. The van der Waals surface area contributed by atoms with Crippen molar-refractivity contribution >= 4 is 11.5 Å². The molecular formula is C14H20N4O. The Morgan fingerprint density at radius 3 is 2.47 bits per heavy atom. The standard InChI is InChI=1S/C14H17N3O.H3N/c1-2-11-18-13-8-6-12(7-9-13)16-17-14-5-3-4-10-15-14;/h3-10,16H,2,11H2,1H3,(H,15,17);1H3. The summed E-state index contributed by atoms with van der Waals surface area (Å²) in [4.78, 5) is 4.15. The van der Waals surface area contributed by atoms with Gasteiger partial charge in [0.15, 0.2) is 0 Å². The van der Waals surface area contributed by atoms with Crippen molar-refractivity contribution < 1.29 is 4.74 Å². The molecule has 0 saturated heterocycles. The van der Waals surface area contributed by atoms with E-state index in [1.165, 1.54) is 0 Å². The average molecular weight is 260 g/mol. The molecule has 2 aromatic rings. The molecule has 0 bridgehead atoms. The van der Waals surface area contributed by atoms with E-state index < -0.39 is 0 Å². The van der Waals surface area contributed by atoms with Gasteiger partial charge >= 0.3 is 0 Å². The number of benzene rings is 1. The zero-order valence-corrected chi connectivity index (χ0v) is 11.1. The molecule has 1 aromatic heterocycles. The minimum atomic E-state index is 0. The van der Waals surface area contributed by atoms with Crippen molar-refractivity contribution in [2.24, 2.45) is 0 Å². The molecule has 0 aliphatic heterocycles. The van der Waals surface area contributed by atoms with E-state index in [2.05, 4.69) is 22.8 Å². The van der Waals surface area contributed by atoms with Crippen LogP contribution in [0, 0.1) is 0 Å². The lowest BCUT2D eigenvalue weighted by molar-refractivity contribution is 0.317. The Labute approximate surface area is 113 Å². The molecule has 19 heavy (non-hydrogen) atoms. The molecule has 0 aliphatic rings. The molecule has 0 aliphatic carbocycles. The monoisotopic (exact) mass is 260 g/mol. The van der Waals surface area contributed by atoms with Crippen LogP contribution in [0.25, 0.3) is 0 Å². The van der Waals surface area contributed by atoms with Crippen molar-refractivity contribution in [3.8, 4) is 5.75 Å². The fourth-order valence-electron chi connectivity index (χ4n) is 1.43. The first-order valence-corrected chi connectivity index (χ1v) is 6.04. The van der Waals surface area contributed by atoms with Gasteiger partial charge in [0.05, 0.1) is 12.3 Å². The number of nitrogens with zero attached hydrogens (tertiary/aromatic N) is 1. The largest absolute Gasteiger partial charge is 0.494 e. The summed E-state index contributed by atoms with van der Waals surface area (Å²) >= 11 is 0. The number of pyridine rings is 1. The lowest BCUT2D eigenvalue weighted by Gasteiger charge is -2.09. The molecule has 1 aromatic carbocycles. The van der Waals surface area contributed by atoms with Gasteiger partial charge < -0.3 is 10.9 Å². The van der Waals surface area contributed by atoms with E-state index in [1.807, 2.05) is 42.5 Å². The van der Waals surface area contributed by atoms with Gasteiger partial charge in [-0.2, -0.15) is 0 Å². The normalized spacial score (nSPS) is 9.32. The van der Waals surface area contributed by atoms with Gasteiger partial charge in [-0.3, -0.25) is 10.9 Å². The van der Waals surface area contributed by atoms with E-state index in [1.54, 1.807) is 6.20 Å². The van der Waals surface area contributed by atoms with E-state index in [0.717, 1.165) is 30.3 Å². The summed E-state index contributed by atoms with van der Waals surface area (Å²) in [5.41, 5.74) is 7.06. The smallest absolute Gasteiger partial charge is 0.144 e. The van der Waals surface area contributed by atoms with Crippen molar-refractivity contribution in [2.45, 2.75) is 13.3 Å². The predicted molar refractivity (Wildman–Crippen MR) is 78.7 cm³/mol. The Kier molecular flexibility index (Phi) is 6.18. The summed E-state index contributed by atoms with van der Waals surface area (Å²) in [5, 5.41) is 0. The minimum absolute atomic E-state index is 0. The molecule has 0 fully saturated rings. The number of nitrogens with one attached hydrogen (secondary N) is 2. The third-order valence-electron chi connectivity index (χ3n) is 2.33. The Bertz CT molecular complexity index is 459. The second-order valence-electron chi connectivity index (χ2n) is 3.84. The molecule has 0 spiro atoms. The Morgan fingerprint density at radius 1 is 1.05 bits per heavy atom. The van der Waals surface area contributed by atoms with Crippen molar-refractivity contribution in [3.63, 3.8) is 0 Å². The second kappa shape index (κ2) is 7.94. The van der Waals surface area contributed by atoms with Crippen molar-refractivity contribution in [3.05, 3.63) is 48.7 Å². The number of hydrogen-bond donors (Lipinski definition) is 3. The van der Waals surface area contributed by atoms with Crippen LogP contribution in [-0.4, -0.2) is 11.6 Å². The van der Waals surface area contributed by atoms with Gasteiger partial charge in [0.25, 0.3) is 0 Å². The number of hydrazine groups is 1. The quantitative estimate of drug-likeness (QED) is 0.693. The van der Waals surface area contributed by atoms with Crippen LogP contribution in [0.2, 0.25) is 0 Å². The molecule has 0 radical (unpaired) electrons. The van der Waals surface area contributed by atoms with Crippen LogP contribution in [0.15, 0.2) is 48.7 Å². The molecule has 5 nitrogen and oxygen atoms in total. The molecule has 102 valence electrons. The first kappa shape index (κ1) is 14.8. The summed E-state index contributed by atoms with van der Waals surface area (Å²) in [6, 6.07) is 13.5. The molecule has 0 unspecified atom stereocenters. The van der Waals surface area contributed by atoms with Gasteiger partial charge in [-0.15, -0.1) is 0 Å². The van der Waals surface area contributed by atoms with Gasteiger partial charge in [0.2, 0.25) is 0 Å². The fraction of sp³-hybridized carbons (Fsp3) is 0.214. The Morgan fingerprint density at radius 2 is 1.84 bits per heavy atom. The first-order chi connectivity index (χ1) is 8.88. The van der Waals surface area contributed by atoms with Gasteiger partial charge in [-0.05, 0) is 42.8 Å². The third-order valence-corrected chi connectivity index (χ3v) is 2.33. The maximum atomic E-state index is 5.51. The van der Waals surface area contributed by atoms with Gasteiger partial charge in [-0.25, -0.2) is 4.98 Å². The number of rotatable bonds is 6. The molecule has 0 atom stereocenters. The van der Waals surface area contributed by atoms with Crippen LogP contribution < -0.4 is 21.7 Å². The van der Waals surface area contributed by atoms with Crippen LogP contribution in [0.3, 0.4) is 0 Å². The number of aromatic nitrogens is 1. The topological polar surface area (TPSA) is 81.2 Å². The van der Waals surface area contributed by atoms with E-state index >= 15 is 0 Å². The van der Waals surface area contributed by atoms with E-state index in [9.17, 15) is 0 Å². The third kappa shape index (κ3) is 4.85. The second-order valence-corrected chi connectivity index (χ2v) is 3.84. The van der Waals surface area contributed by atoms with Crippen molar-refractivity contribution in [1.82, 2.24) is 11.1 Å². The van der Waals surface area contributed by atoms with E-state index in [0.29, 0.717) is 0 Å². The zero-order chi connectivity index (χ0) is 12.6. The minimum Gasteiger partial charge on any atom is -0.494 e.